The Kier molecular flexibility index (Phi) is 34.0. The first-order chi connectivity index (χ1) is 26.9. The van der Waals surface area contributed by atoms with Crippen molar-refractivity contribution in [3.05, 3.63) is 65.2 Å². The molecule has 57 heavy (non-hydrogen) atoms. The predicted octanol–water partition coefficient (Wildman–Crippen LogP) is 1.48. The van der Waals surface area contributed by atoms with Crippen LogP contribution in [0, 0.1) is 6.92 Å². The molecule has 2 aromatic rings. The molecule has 0 saturated heterocycles. The minimum Gasteiger partial charge on any atom is -0.493 e. The number of thiocarbonyl (C=S) groups is 1. The monoisotopic (exact) mass is 858 g/mol. The third-order valence-electron chi connectivity index (χ3n) is 6.65. The van der Waals surface area contributed by atoms with Gasteiger partial charge in [-0.2, -0.15) is 0 Å². The van der Waals surface area contributed by atoms with Crippen LogP contribution in [0.2, 0.25) is 0 Å². The SMILES string of the molecule is C=S1C=C(C)C(OCC)=C1.CCOc1c(C)c(=O)c1=O.CNC(=O)CC(=O)NC.CNC(=O)c1ccc(N(C)C=O)s1.CNC(=S)NC.CNCCCC(=O)NC. The summed E-state index contributed by atoms with van der Waals surface area (Å²) >= 11 is 5.92. The summed E-state index contributed by atoms with van der Waals surface area (Å²) in [6, 6.07) is 3.43. The van der Waals surface area contributed by atoms with Crippen LogP contribution in [0.25, 0.3) is 0 Å². The molecule has 3 rings (SSSR count). The molecule has 0 aliphatic carbocycles. The maximum Gasteiger partial charge on any atom is 0.268 e. The van der Waals surface area contributed by atoms with Gasteiger partial charge >= 0.3 is 0 Å². The van der Waals surface area contributed by atoms with Crippen molar-refractivity contribution >= 4 is 80.1 Å². The Morgan fingerprint density at radius 1 is 0.825 bits per heavy atom. The quantitative estimate of drug-likeness (QED) is 0.0499. The van der Waals surface area contributed by atoms with Gasteiger partial charge in [0.2, 0.25) is 29.6 Å². The van der Waals surface area contributed by atoms with E-state index >= 15 is 0 Å². The Labute approximate surface area is 348 Å². The van der Waals surface area contributed by atoms with Crippen molar-refractivity contribution in [2.45, 2.75) is 47.0 Å². The van der Waals surface area contributed by atoms with Crippen LogP contribution in [0.3, 0.4) is 0 Å². The second-order valence-electron chi connectivity index (χ2n) is 10.9. The minimum absolute atomic E-state index is 0.0664. The molecule has 7 N–H and O–H groups in total. The van der Waals surface area contributed by atoms with E-state index in [0.29, 0.717) is 35.0 Å². The third-order valence-corrected chi connectivity index (χ3v) is 9.40. The lowest BCUT2D eigenvalue weighted by molar-refractivity contribution is -0.128. The Morgan fingerprint density at radius 2 is 1.37 bits per heavy atom. The molecule has 0 saturated carbocycles. The maximum absolute atomic E-state index is 11.1. The molecule has 17 nitrogen and oxygen atoms in total. The number of rotatable bonds is 13. The number of carbonyl (C=O) groups excluding carboxylic acids is 5. The van der Waals surface area contributed by atoms with E-state index in [-0.39, 0.29) is 46.3 Å². The topological polar surface area (TPSA) is 225 Å². The Bertz CT molecular complexity index is 1680. The number of allylic oxidation sites excluding steroid dienone is 1. The Balaban J connectivity index is -0.000000622. The summed E-state index contributed by atoms with van der Waals surface area (Å²) < 4.78 is 10.2. The number of thiophene rings is 1. The number of nitrogens with zero attached hydrogens (tertiary/aromatic N) is 1. The van der Waals surface area contributed by atoms with Crippen LogP contribution < -0.4 is 57.7 Å². The van der Waals surface area contributed by atoms with Crippen molar-refractivity contribution in [2.24, 2.45) is 0 Å². The molecule has 5 amide bonds. The highest BCUT2D eigenvalue weighted by Gasteiger charge is 2.17. The van der Waals surface area contributed by atoms with Crippen LogP contribution in [-0.4, -0.2) is 117 Å². The molecule has 0 bridgehead atoms. The summed E-state index contributed by atoms with van der Waals surface area (Å²) in [4.78, 5) is 76.1. The molecular formula is C37H62N8O9S3. The number of carbonyl (C=O) groups is 5. The van der Waals surface area contributed by atoms with Gasteiger partial charge in [-0.25, -0.2) is 0 Å². The van der Waals surface area contributed by atoms with Crippen LogP contribution in [0.1, 0.15) is 55.3 Å². The molecule has 0 fully saturated rings. The van der Waals surface area contributed by atoms with Crippen molar-refractivity contribution in [3.63, 3.8) is 0 Å². The van der Waals surface area contributed by atoms with E-state index in [0.717, 1.165) is 30.3 Å². The molecule has 1 unspecified atom stereocenters. The summed E-state index contributed by atoms with van der Waals surface area (Å²) in [5.41, 5.74) is 0.773. The lowest BCUT2D eigenvalue weighted by Crippen LogP contribution is -2.35. The van der Waals surface area contributed by atoms with Gasteiger partial charge in [-0.1, -0.05) is 5.87 Å². The number of anilines is 1. The van der Waals surface area contributed by atoms with Gasteiger partial charge in [0.05, 0.1) is 23.1 Å². The van der Waals surface area contributed by atoms with Crippen molar-refractivity contribution in [2.75, 3.05) is 81.0 Å². The number of hydrogen-bond donors (Lipinski definition) is 7. The molecule has 1 atom stereocenters. The van der Waals surface area contributed by atoms with Gasteiger partial charge in [0.15, 0.2) is 10.9 Å². The molecule has 1 aromatic heterocycles. The van der Waals surface area contributed by atoms with E-state index in [1.165, 1.54) is 35.9 Å². The lowest BCUT2D eigenvalue weighted by atomic mass is 10.1. The fourth-order valence-corrected chi connectivity index (χ4v) is 5.51. The summed E-state index contributed by atoms with van der Waals surface area (Å²) in [6.07, 6.45) is 2.15. The van der Waals surface area contributed by atoms with Crippen LogP contribution in [0.4, 0.5) is 5.00 Å². The number of amides is 5. The van der Waals surface area contributed by atoms with Crippen LogP contribution in [0.5, 0.6) is 5.75 Å². The van der Waals surface area contributed by atoms with E-state index < -0.39 is 10.9 Å². The number of nitrogens with one attached hydrogen (secondary N) is 7. The molecule has 1 aliphatic rings. The average molecular weight is 859 g/mol. The Hall–Kier alpha value is -4.92. The van der Waals surface area contributed by atoms with Crippen LogP contribution >= 0.6 is 34.0 Å². The highest BCUT2D eigenvalue weighted by molar-refractivity contribution is 8.19. The van der Waals surface area contributed by atoms with Gasteiger partial charge in [-0.3, -0.25) is 33.6 Å². The van der Waals surface area contributed by atoms with Crippen LogP contribution in [-0.2, 0) is 23.9 Å². The summed E-state index contributed by atoms with van der Waals surface area (Å²) in [7, 11) is 13.4. The lowest BCUT2D eigenvalue weighted by Gasteiger charge is -2.05. The summed E-state index contributed by atoms with van der Waals surface area (Å²) in [5.74, 6) is 4.62. The smallest absolute Gasteiger partial charge is 0.268 e. The van der Waals surface area contributed by atoms with Crippen molar-refractivity contribution in [1.82, 2.24) is 37.2 Å². The van der Waals surface area contributed by atoms with E-state index in [9.17, 15) is 33.6 Å². The third kappa shape index (κ3) is 25.8. The second-order valence-corrected chi connectivity index (χ2v) is 13.8. The van der Waals surface area contributed by atoms with E-state index in [1.54, 1.807) is 61.2 Å². The molecule has 0 spiro atoms. The van der Waals surface area contributed by atoms with Gasteiger partial charge in [0.25, 0.3) is 11.3 Å². The summed E-state index contributed by atoms with van der Waals surface area (Å²) in [6.45, 7) is 9.51. The fourth-order valence-electron chi connectivity index (χ4n) is 3.47. The minimum atomic E-state index is -0.487. The number of ether oxygens (including phenoxy) is 2. The molecule has 0 radical (unpaired) electrons. The molecular weight excluding hydrogens is 797 g/mol. The van der Waals surface area contributed by atoms with Gasteiger partial charge in [-0.15, -0.1) is 21.8 Å². The summed E-state index contributed by atoms with van der Waals surface area (Å²) in [5, 5.41) is 23.8. The average Bonchev–Trinajstić information content (AvgIpc) is 3.85. The molecule has 1 aromatic carbocycles. The first kappa shape index (κ1) is 56.4. The zero-order chi connectivity index (χ0) is 44.5. The molecule has 2 heterocycles. The van der Waals surface area contributed by atoms with Crippen LogP contribution in [0.15, 0.2) is 43.9 Å². The van der Waals surface area contributed by atoms with E-state index in [2.05, 4.69) is 73.0 Å². The predicted molar refractivity (Wildman–Crippen MR) is 238 cm³/mol. The molecule has 1 aliphatic heterocycles. The first-order valence-electron chi connectivity index (χ1n) is 17.6. The highest BCUT2D eigenvalue weighted by Crippen LogP contribution is 2.31. The van der Waals surface area contributed by atoms with Gasteiger partial charge < -0.3 is 51.6 Å². The van der Waals surface area contributed by atoms with Gasteiger partial charge in [-0.05, 0) is 83.0 Å². The zero-order valence-corrected chi connectivity index (χ0v) is 37.6. The molecule has 20 heteroatoms. The van der Waals surface area contributed by atoms with E-state index in [1.807, 2.05) is 14.0 Å². The zero-order valence-electron chi connectivity index (χ0n) is 35.2. The van der Waals surface area contributed by atoms with Crippen molar-refractivity contribution in [3.8, 4) is 5.75 Å². The Morgan fingerprint density at radius 3 is 1.74 bits per heavy atom. The molecule has 322 valence electrons. The highest BCUT2D eigenvalue weighted by atomic mass is 32.2. The maximum atomic E-state index is 11.1. The largest absolute Gasteiger partial charge is 0.493 e. The van der Waals surface area contributed by atoms with E-state index in [4.69, 9.17) is 9.47 Å². The first-order valence-corrected chi connectivity index (χ1v) is 20.3. The van der Waals surface area contributed by atoms with Gasteiger partial charge in [0, 0.05) is 66.7 Å². The van der Waals surface area contributed by atoms with Gasteiger partial charge in [0.1, 0.15) is 12.2 Å². The van der Waals surface area contributed by atoms with Crippen molar-refractivity contribution < 1.29 is 33.4 Å². The van der Waals surface area contributed by atoms with Crippen molar-refractivity contribution in [1.29, 1.82) is 0 Å². The second kappa shape index (κ2) is 34.3. The number of hydrogen-bond acceptors (Lipinski definition) is 12. The standard InChI is InChI=1S/C8H10N2O2S.C8H12OS.C7H8O3.C6H14N2O.C5H10N2O2.C3H8N2S/c1-9-8(12)6-3-4-7(13-6)10(2)5-11;1-4-9-8-6-10(3)5-7(8)2;1-3-10-7-4(2)5(8)6(7)9;1-7-5-3-4-6(9)8-2;1-6-4(8)3-5(9)7-2;1-4-3(6)5-2/h3-5H,1-2H3,(H,9,12);5-6H,3-4H2,1-2H3;3H2,1-2H3;7H,3-5H2,1-2H3,(H,8,9);3H2,1-2H3,(H,6,8)(H,7,9);1-2H3,(H2,4,5,6). The normalized spacial score (nSPS) is 11.6. The fraction of sp³-hybridized carbons (Fsp3) is 0.486.